The molecule has 16 heavy (non-hydrogen) atoms. The summed E-state index contributed by atoms with van der Waals surface area (Å²) < 4.78 is 31.6. The fourth-order valence-corrected chi connectivity index (χ4v) is 1.58. The zero-order chi connectivity index (χ0) is 11.7. The van der Waals surface area contributed by atoms with Crippen LogP contribution in [-0.4, -0.2) is 4.98 Å². The van der Waals surface area contributed by atoms with Crippen molar-refractivity contribution in [3.05, 3.63) is 41.3 Å². The fraction of sp³-hybridized carbons (Fsp3) is 0.182. The van der Waals surface area contributed by atoms with E-state index in [1.54, 1.807) is 6.92 Å². The zero-order valence-electron chi connectivity index (χ0n) is 8.43. The number of aryl methyl sites for hydroxylation is 1. The lowest BCUT2D eigenvalue weighted by atomic mass is 10.2. The molecule has 0 saturated carbocycles. The van der Waals surface area contributed by atoms with E-state index in [4.69, 9.17) is 16.0 Å². The molecule has 0 amide bonds. The van der Waals surface area contributed by atoms with Gasteiger partial charge >= 0.3 is 0 Å². The van der Waals surface area contributed by atoms with Crippen LogP contribution in [0.2, 0.25) is 0 Å². The Morgan fingerprint density at radius 1 is 1.38 bits per heavy atom. The largest absolute Gasteiger partial charge is 0.441 e. The molecule has 1 aromatic carbocycles. The van der Waals surface area contributed by atoms with Gasteiger partial charge in [0.2, 0.25) is 5.89 Å². The first-order valence-electron chi connectivity index (χ1n) is 4.60. The van der Waals surface area contributed by atoms with Crippen LogP contribution in [0.1, 0.15) is 11.5 Å². The number of halogens is 3. The Bertz CT molecular complexity index is 525. The van der Waals surface area contributed by atoms with Crippen molar-refractivity contribution in [1.29, 1.82) is 0 Å². The minimum Gasteiger partial charge on any atom is -0.441 e. The summed E-state index contributed by atoms with van der Waals surface area (Å²) in [6, 6.07) is 3.84. The molecule has 0 radical (unpaired) electrons. The number of aromatic nitrogens is 1. The molecule has 0 bridgehead atoms. The van der Waals surface area contributed by atoms with Gasteiger partial charge in [0.05, 0.1) is 17.1 Å². The monoisotopic (exact) mass is 243 g/mol. The third-order valence-electron chi connectivity index (χ3n) is 2.20. The van der Waals surface area contributed by atoms with Gasteiger partial charge in [-0.3, -0.25) is 0 Å². The maximum atomic E-state index is 13.4. The van der Waals surface area contributed by atoms with Crippen LogP contribution in [0.3, 0.4) is 0 Å². The molecule has 0 aliphatic rings. The number of alkyl halides is 1. The number of oxazole rings is 1. The van der Waals surface area contributed by atoms with E-state index >= 15 is 0 Å². The third kappa shape index (κ3) is 1.80. The molecule has 0 aliphatic heterocycles. The van der Waals surface area contributed by atoms with Crippen molar-refractivity contribution in [2.45, 2.75) is 12.8 Å². The summed E-state index contributed by atoms with van der Waals surface area (Å²) in [6.07, 6.45) is 0. The molecule has 2 aromatic rings. The molecule has 2 rings (SSSR count). The van der Waals surface area contributed by atoms with Gasteiger partial charge in [-0.15, -0.1) is 11.6 Å². The molecule has 0 N–H and O–H groups in total. The normalized spacial score (nSPS) is 10.8. The van der Waals surface area contributed by atoms with Gasteiger partial charge in [-0.1, -0.05) is 6.07 Å². The lowest BCUT2D eigenvalue weighted by Crippen LogP contribution is -1.89. The van der Waals surface area contributed by atoms with Gasteiger partial charge in [-0.25, -0.2) is 13.8 Å². The summed E-state index contributed by atoms with van der Waals surface area (Å²) in [7, 11) is 0. The van der Waals surface area contributed by atoms with Crippen LogP contribution in [0.15, 0.2) is 22.6 Å². The van der Waals surface area contributed by atoms with E-state index < -0.39 is 11.6 Å². The minimum atomic E-state index is -0.968. The lowest BCUT2D eigenvalue weighted by Gasteiger charge is -1.98. The highest BCUT2D eigenvalue weighted by Crippen LogP contribution is 2.26. The molecule has 1 aromatic heterocycles. The molecule has 5 heteroatoms. The van der Waals surface area contributed by atoms with Gasteiger partial charge in [0.25, 0.3) is 0 Å². The van der Waals surface area contributed by atoms with E-state index in [-0.39, 0.29) is 17.3 Å². The first-order valence-corrected chi connectivity index (χ1v) is 5.13. The molecule has 0 saturated heterocycles. The van der Waals surface area contributed by atoms with Gasteiger partial charge in [0, 0.05) is 0 Å². The van der Waals surface area contributed by atoms with Crippen molar-refractivity contribution in [2.24, 2.45) is 0 Å². The predicted molar refractivity (Wildman–Crippen MR) is 56.1 cm³/mol. The molecule has 0 aliphatic carbocycles. The van der Waals surface area contributed by atoms with E-state index in [1.165, 1.54) is 12.1 Å². The van der Waals surface area contributed by atoms with Gasteiger partial charge in [-0.2, -0.15) is 0 Å². The Morgan fingerprint density at radius 2 is 2.12 bits per heavy atom. The average Bonchev–Trinajstić information content (AvgIpc) is 2.63. The molecule has 1 heterocycles. The Morgan fingerprint density at radius 3 is 2.75 bits per heavy atom. The molecule has 0 fully saturated rings. The first-order chi connectivity index (χ1) is 7.63. The SMILES string of the molecule is Cc1oc(-c2cccc(F)c2F)nc1CCl. The minimum absolute atomic E-state index is 0.000494. The maximum absolute atomic E-state index is 13.4. The Hall–Kier alpha value is -1.42. The Labute approximate surface area is 95.9 Å². The third-order valence-corrected chi connectivity index (χ3v) is 2.45. The van der Waals surface area contributed by atoms with Gasteiger partial charge in [0.15, 0.2) is 11.6 Å². The molecule has 84 valence electrons. The van der Waals surface area contributed by atoms with E-state index in [0.717, 1.165) is 6.07 Å². The number of benzene rings is 1. The van der Waals surface area contributed by atoms with Crippen LogP contribution in [0.4, 0.5) is 8.78 Å². The summed E-state index contributed by atoms with van der Waals surface area (Å²) in [5.41, 5.74) is 0.528. The molecular weight excluding hydrogens is 236 g/mol. The highest BCUT2D eigenvalue weighted by atomic mass is 35.5. The first kappa shape index (κ1) is 11.1. The summed E-state index contributed by atoms with van der Waals surface area (Å²) in [6.45, 7) is 1.67. The second kappa shape index (κ2) is 4.22. The summed E-state index contributed by atoms with van der Waals surface area (Å²) >= 11 is 5.61. The van der Waals surface area contributed by atoms with Crippen molar-refractivity contribution in [3.8, 4) is 11.5 Å². The van der Waals surface area contributed by atoms with E-state index in [0.29, 0.717) is 11.5 Å². The molecule has 0 spiro atoms. The van der Waals surface area contributed by atoms with Crippen molar-refractivity contribution in [3.63, 3.8) is 0 Å². The zero-order valence-corrected chi connectivity index (χ0v) is 9.18. The summed E-state index contributed by atoms with van der Waals surface area (Å²) in [5, 5.41) is 0. The van der Waals surface area contributed by atoms with Crippen LogP contribution in [0, 0.1) is 18.6 Å². The number of rotatable bonds is 2. The molecule has 0 atom stereocenters. The quantitative estimate of drug-likeness (QED) is 0.753. The Kier molecular flexibility index (Phi) is 2.92. The lowest BCUT2D eigenvalue weighted by molar-refractivity contribution is 0.497. The van der Waals surface area contributed by atoms with Crippen molar-refractivity contribution in [2.75, 3.05) is 0 Å². The van der Waals surface area contributed by atoms with Gasteiger partial charge in [-0.05, 0) is 19.1 Å². The number of nitrogens with zero attached hydrogens (tertiary/aromatic N) is 1. The topological polar surface area (TPSA) is 26.0 Å². The maximum Gasteiger partial charge on any atom is 0.229 e. The average molecular weight is 244 g/mol. The number of hydrogen-bond acceptors (Lipinski definition) is 2. The standard InChI is InChI=1S/C11H8ClF2NO/c1-6-9(5-12)15-11(16-6)7-3-2-4-8(13)10(7)14/h2-4H,5H2,1H3. The summed E-state index contributed by atoms with van der Waals surface area (Å²) in [5.74, 6) is -1.17. The van der Waals surface area contributed by atoms with E-state index in [9.17, 15) is 8.78 Å². The van der Waals surface area contributed by atoms with Crippen LogP contribution in [-0.2, 0) is 5.88 Å². The van der Waals surface area contributed by atoms with E-state index in [2.05, 4.69) is 4.98 Å². The summed E-state index contributed by atoms with van der Waals surface area (Å²) in [4.78, 5) is 4.00. The van der Waals surface area contributed by atoms with Crippen LogP contribution in [0.5, 0.6) is 0 Å². The smallest absolute Gasteiger partial charge is 0.229 e. The van der Waals surface area contributed by atoms with Crippen molar-refractivity contribution in [1.82, 2.24) is 4.98 Å². The van der Waals surface area contributed by atoms with E-state index in [1.807, 2.05) is 0 Å². The van der Waals surface area contributed by atoms with Crippen LogP contribution in [0.25, 0.3) is 11.5 Å². The Balaban J connectivity index is 2.54. The highest BCUT2D eigenvalue weighted by molar-refractivity contribution is 6.16. The second-order valence-corrected chi connectivity index (χ2v) is 3.52. The molecule has 0 unspecified atom stereocenters. The molecule has 2 nitrogen and oxygen atoms in total. The molecular formula is C11H8ClF2NO. The highest BCUT2D eigenvalue weighted by Gasteiger charge is 2.16. The second-order valence-electron chi connectivity index (χ2n) is 3.26. The van der Waals surface area contributed by atoms with Gasteiger partial charge < -0.3 is 4.42 Å². The predicted octanol–water partition coefficient (Wildman–Crippen LogP) is 3.67. The fourth-order valence-electron chi connectivity index (χ4n) is 1.34. The van der Waals surface area contributed by atoms with Gasteiger partial charge in [0.1, 0.15) is 5.76 Å². The van der Waals surface area contributed by atoms with Crippen molar-refractivity contribution < 1.29 is 13.2 Å². The van der Waals surface area contributed by atoms with Crippen LogP contribution >= 0.6 is 11.6 Å². The van der Waals surface area contributed by atoms with Crippen molar-refractivity contribution >= 4 is 11.6 Å². The van der Waals surface area contributed by atoms with Crippen LogP contribution < -0.4 is 0 Å². The number of hydrogen-bond donors (Lipinski definition) is 0.